The number of hydrogen-bond acceptors (Lipinski definition) is 3. The zero-order chi connectivity index (χ0) is 13.1. The highest BCUT2D eigenvalue weighted by atomic mass is 35.5. The molecule has 0 atom stereocenters. The highest BCUT2D eigenvalue weighted by Gasteiger charge is 2.27. The molecule has 1 heterocycles. The van der Waals surface area contributed by atoms with Crippen LogP contribution in [-0.4, -0.2) is 23.0 Å². The van der Waals surface area contributed by atoms with Crippen LogP contribution in [0.1, 0.15) is 26.3 Å². The lowest BCUT2D eigenvalue weighted by molar-refractivity contribution is -0.121. The van der Waals surface area contributed by atoms with Crippen molar-refractivity contribution in [1.82, 2.24) is 10.3 Å². The molecule has 17 heavy (non-hydrogen) atoms. The fraction of sp³-hybridized carbons (Fsp3) is 0.500. The van der Waals surface area contributed by atoms with E-state index in [1.54, 1.807) is 6.20 Å². The lowest BCUT2D eigenvalue weighted by Crippen LogP contribution is -2.49. The topological polar surface area (TPSA) is 54.0 Å². The van der Waals surface area contributed by atoms with E-state index in [4.69, 9.17) is 11.6 Å². The molecule has 0 bridgehead atoms. The van der Waals surface area contributed by atoms with E-state index in [0.29, 0.717) is 10.8 Å². The second-order valence-electron chi connectivity index (χ2n) is 4.40. The van der Waals surface area contributed by atoms with Gasteiger partial charge in [-0.15, -0.1) is 0 Å². The van der Waals surface area contributed by atoms with Gasteiger partial charge >= 0.3 is 0 Å². The molecule has 4 nitrogen and oxygen atoms in total. The standard InChI is InChI=1S/C12H18ClN3O/c1-5-15-12(3,4)11(17)16-9-8(2)6-7-14-10(9)13/h6-7,15H,5H2,1-4H3,(H,16,17). The van der Waals surface area contributed by atoms with Crippen LogP contribution in [0.5, 0.6) is 0 Å². The zero-order valence-corrected chi connectivity index (χ0v) is 11.4. The summed E-state index contributed by atoms with van der Waals surface area (Å²) in [6.07, 6.45) is 1.61. The lowest BCUT2D eigenvalue weighted by Gasteiger charge is -2.25. The van der Waals surface area contributed by atoms with Crippen LogP contribution in [0.15, 0.2) is 12.3 Å². The highest BCUT2D eigenvalue weighted by Crippen LogP contribution is 2.23. The average Bonchev–Trinajstić information content (AvgIpc) is 2.23. The molecular formula is C12H18ClN3O. The van der Waals surface area contributed by atoms with Crippen LogP contribution >= 0.6 is 11.6 Å². The largest absolute Gasteiger partial charge is 0.322 e. The van der Waals surface area contributed by atoms with E-state index in [0.717, 1.165) is 12.1 Å². The second-order valence-corrected chi connectivity index (χ2v) is 4.76. The SMILES string of the molecule is CCNC(C)(C)C(=O)Nc1c(C)ccnc1Cl. The molecule has 0 aliphatic heterocycles. The van der Waals surface area contributed by atoms with E-state index in [1.807, 2.05) is 33.8 Å². The van der Waals surface area contributed by atoms with Crippen LogP contribution in [0.4, 0.5) is 5.69 Å². The minimum absolute atomic E-state index is 0.127. The number of likely N-dealkylation sites (N-methyl/N-ethyl adjacent to an activating group) is 1. The predicted molar refractivity (Wildman–Crippen MR) is 70.4 cm³/mol. The van der Waals surface area contributed by atoms with Crippen LogP contribution in [0, 0.1) is 6.92 Å². The summed E-state index contributed by atoms with van der Waals surface area (Å²) in [5, 5.41) is 6.22. The molecule has 94 valence electrons. The van der Waals surface area contributed by atoms with Gasteiger partial charge in [0.15, 0.2) is 5.15 Å². The van der Waals surface area contributed by atoms with Crippen LogP contribution in [0.3, 0.4) is 0 Å². The Kier molecular flexibility index (Phi) is 4.48. The first-order valence-electron chi connectivity index (χ1n) is 5.56. The number of rotatable bonds is 4. The molecule has 0 unspecified atom stereocenters. The summed E-state index contributed by atoms with van der Waals surface area (Å²) in [4.78, 5) is 16.0. The van der Waals surface area contributed by atoms with E-state index >= 15 is 0 Å². The molecule has 0 fully saturated rings. The van der Waals surface area contributed by atoms with Gasteiger partial charge in [0.1, 0.15) is 0 Å². The average molecular weight is 256 g/mol. The molecule has 0 spiro atoms. The number of aromatic nitrogens is 1. The molecule has 1 aromatic heterocycles. The summed E-state index contributed by atoms with van der Waals surface area (Å²) < 4.78 is 0. The first-order chi connectivity index (χ1) is 7.88. The monoisotopic (exact) mass is 255 g/mol. The second kappa shape index (κ2) is 5.47. The third-order valence-corrected chi connectivity index (χ3v) is 2.82. The Morgan fingerprint density at radius 2 is 2.18 bits per heavy atom. The Balaban J connectivity index is 2.88. The van der Waals surface area contributed by atoms with E-state index in [1.165, 1.54) is 0 Å². The Bertz CT molecular complexity index is 398. The fourth-order valence-corrected chi connectivity index (χ4v) is 1.72. The third-order valence-electron chi connectivity index (χ3n) is 2.54. The van der Waals surface area contributed by atoms with Gasteiger partial charge in [0, 0.05) is 6.20 Å². The van der Waals surface area contributed by atoms with Crippen molar-refractivity contribution in [3.63, 3.8) is 0 Å². The van der Waals surface area contributed by atoms with E-state index in [9.17, 15) is 4.79 Å². The fourth-order valence-electron chi connectivity index (χ4n) is 1.47. The van der Waals surface area contributed by atoms with Crippen molar-refractivity contribution < 1.29 is 4.79 Å². The van der Waals surface area contributed by atoms with Gasteiger partial charge in [0.05, 0.1) is 11.2 Å². The number of nitrogens with zero attached hydrogens (tertiary/aromatic N) is 1. The smallest absolute Gasteiger partial charge is 0.244 e. The third kappa shape index (κ3) is 3.41. The Labute approximate surface area is 107 Å². The number of anilines is 1. The maximum Gasteiger partial charge on any atom is 0.244 e. The minimum Gasteiger partial charge on any atom is -0.322 e. The summed E-state index contributed by atoms with van der Waals surface area (Å²) in [5.74, 6) is -0.127. The molecule has 0 saturated carbocycles. The molecule has 1 amide bonds. The van der Waals surface area contributed by atoms with Gasteiger partial charge in [0.2, 0.25) is 5.91 Å². The number of pyridine rings is 1. The number of halogens is 1. The molecule has 0 radical (unpaired) electrons. The summed E-state index contributed by atoms with van der Waals surface area (Å²) in [6.45, 7) is 8.21. The van der Waals surface area contributed by atoms with Crippen LogP contribution in [0.2, 0.25) is 5.15 Å². The quantitative estimate of drug-likeness (QED) is 0.813. The first-order valence-corrected chi connectivity index (χ1v) is 5.94. The molecule has 0 aliphatic carbocycles. The summed E-state index contributed by atoms with van der Waals surface area (Å²) in [6, 6.07) is 1.81. The zero-order valence-electron chi connectivity index (χ0n) is 10.6. The van der Waals surface area contributed by atoms with Gasteiger partial charge in [-0.25, -0.2) is 4.98 Å². The van der Waals surface area contributed by atoms with Crippen molar-refractivity contribution >= 4 is 23.2 Å². The van der Waals surface area contributed by atoms with Crippen LogP contribution in [-0.2, 0) is 4.79 Å². The van der Waals surface area contributed by atoms with E-state index in [2.05, 4.69) is 15.6 Å². The van der Waals surface area contributed by atoms with Crippen LogP contribution in [0.25, 0.3) is 0 Å². The van der Waals surface area contributed by atoms with Gasteiger partial charge in [0.25, 0.3) is 0 Å². The van der Waals surface area contributed by atoms with E-state index < -0.39 is 5.54 Å². The van der Waals surface area contributed by atoms with Gasteiger partial charge in [-0.3, -0.25) is 4.79 Å². The number of carbonyl (C=O) groups is 1. The molecule has 0 saturated heterocycles. The number of nitrogens with one attached hydrogen (secondary N) is 2. The predicted octanol–water partition coefficient (Wildman–Crippen LogP) is 2.37. The first kappa shape index (κ1) is 13.9. The molecule has 0 aliphatic rings. The Morgan fingerprint density at radius 1 is 1.53 bits per heavy atom. The van der Waals surface area contributed by atoms with Crippen molar-refractivity contribution in [2.45, 2.75) is 33.2 Å². The molecule has 2 N–H and O–H groups in total. The minimum atomic E-state index is -0.639. The van der Waals surface area contributed by atoms with Crippen molar-refractivity contribution in [3.8, 4) is 0 Å². The highest BCUT2D eigenvalue weighted by molar-refractivity contribution is 6.32. The van der Waals surface area contributed by atoms with E-state index in [-0.39, 0.29) is 5.91 Å². The van der Waals surface area contributed by atoms with Gasteiger partial charge in [-0.05, 0) is 38.9 Å². The van der Waals surface area contributed by atoms with Crippen molar-refractivity contribution in [2.75, 3.05) is 11.9 Å². The molecule has 5 heteroatoms. The number of aryl methyl sites for hydroxylation is 1. The Morgan fingerprint density at radius 3 is 2.71 bits per heavy atom. The van der Waals surface area contributed by atoms with Gasteiger partial charge in [-0.2, -0.15) is 0 Å². The molecular weight excluding hydrogens is 238 g/mol. The van der Waals surface area contributed by atoms with Gasteiger partial charge < -0.3 is 10.6 Å². The molecule has 1 rings (SSSR count). The number of amides is 1. The van der Waals surface area contributed by atoms with Crippen molar-refractivity contribution in [1.29, 1.82) is 0 Å². The maximum absolute atomic E-state index is 12.1. The number of carbonyl (C=O) groups excluding carboxylic acids is 1. The van der Waals surface area contributed by atoms with Crippen molar-refractivity contribution in [3.05, 3.63) is 23.0 Å². The normalized spacial score (nSPS) is 11.4. The maximum atomic E-state index is 12.1. The summed E-state index contributed by atoms with van der Waals surface area (Å²) in [5.41, 5.74) is 0.830. The van der Waals surface area contributed by atoms with Crippen molar-refractivity contribution in [2.24, 2.45) is 0 Å². The summed E-state index contributed by atoms with van der Waals surface area (Å²) >= 11 is 5.95. The lowest BCUT2D eigenvalue weighted by atomic mass is 10.0. The summed E-state index contributed by atoms with van der Waals surface area (Å²) in [7, 11) is 0. The molecule has 0 aromatic carbocycles. The number of hydrogen-bond donors (Lipinski definition) is 2. The van der Waals surface area contributed by atoms with Crippen LogP contribution < -0.4 is 10.6 Å². The molecule has 1 aromatic rings. The Hall–Kier alpha value is -1.13. The van der Waals surface area contributed by atoms with Gasteiger partial charge in [-0.1, -0.05) is 18.5 Å².